The lowest BCUT2D eigenvalue weighted by Crippen LogP contribution is -2.11. The fourth-order valence-corrected chi connectivity index (χ4v) is 1.41. The molecule has 0 heterocycles. The average Bonchev–Trinajstić information content (AvgIpc) is 2.16. The van der Waals surface area contributed by atoms with Gasteiger partial charge in [-0.3, -0.25) is 0 Å². The molecule has 1 aromatic carbocycles. The SMILES string of the molecule is Cc1ccccc1CCC(C)CN. The summed E-state index contributed by atoms with van der Waals surface area (Å²) in [5.41, 5.74) is 8.43. The van der Waals surface area contributed by atoms with E-state index < -0.39 is 0 Å². The largest absolute Gasteiger partial charge is 0.330 e. The maximum Gasteiger partial charge on any atom is -0.00514 e. The van der Waals surface area contributed by atoms with Crippen molar-refractivity contribution in [1.82, 2.24) is 0 Å². The highest BCUT2D eigenvalue weighted by Crippen LogP contribution is 2.12. The van der Waals surface area contributed by atoms with Gasteiger partial charge in [0.05, 0.1) is 0 Å². The Balaban J connectivity index is 2.50. The molecular formula is C12H19N. The van der Waals surface area contributed by atoms with Gasteiger partial charge in [0.25, 0.3) is 0 Å². The summed E-state index contributed by atoms with van der Waals surface area (Å²) in [6, 6.07) is 8.57. The first kappa shape index (κ1) is 10.3. The minimum absolute atomic E-state index is 0.639. The van der Waals surface area contributed by atoms with Crippen LogP contribution in [0.2, 0.25) is 0 Å². The summed E-state index contributed by atoms with van der Waals surface area (Å²) in [7, 11) is 0. The summed E-state index contributed by atoms with van der Waals surface area (Å²) in [6.07, 6.45) is 2.35. The number of aryl methyl sites for hydroxylation is 2. The normalized spacial score (nSPS) is 12.8. The van der Waals surface area contributed by atoms with Crippen LogP contribution in [-0.4, -0.2) is 6.54 Å². The maximum atomic E-state index is 5.57. The molecule has 0 amide bonds. The first-order valence-corrected chi connectivity index (χ1v) is 4.98. The van der Waals surface area contributed by atoms with Crippen molar-refractivity contribution in [2.24, 2.45) is 11.7 Å². The van der Waals surface area contributed by atoms with Crippen molar-refractivity contribution in [3.05, 3.63) is 35.4 Å². The van der Waals surface area contributed by atoms with Crippen LogP contribution >= 0.6 is 0 Å². The summed E-state index contributed by atoms with van der Waals surface area (Å²) < 4.78 is 0. The summed E-state index contributed by atoms with van der Waals surface area (Å²) in [5.74, 6) is 0.639. The lowest BCUT2D eigenvalue weighted by molar-refractivity contribution is 0.544. The number of benzene rings is 1. The Morgan fingerprint density at radius 2 is 2.00 bits per heavy atom. The van der Waals surface area contributed by atoms with Crippen LogP contribution in [-0.2, 0) is 6.42 Å². The first-order chi connectivity index (χ1) is 6.24. The predicted octanol–water partition coefficient (Wildman–Crippen LogP) is 2.52. The van der Waals surface area contributed by atoms with E-state index in [0.717, 1.165) is 13.0 Å². The summed E-state index contributed by atoms with van der Waals surface area (Å²) in [5, 5.41) is 0. The number of rotatable bonds is 4. The van der Waals surface area contributed by atoms with Gasteiger partial charge < -0.3 is 5.73 Å². The molecule has 0 fully saturated rings. The summed E-state index contributed by atoms with van der Waals surface area (Å²) in [4.78, 5) is 0. The highest BCUT2D eigenvalue weighted by Gasteiger charge is 2.01. The highest BCUT2D eigenvalue weighted by atomic mass is 14.5. The Kier molecular flexibility index (Phi) is 3.97. The third-order valence-corrected chi connectivity index (χ3v) is 2.57. The summed E-state index contributed by atoms with van der Waals surface area (Å²) >= 11 is 0. The topological polar surface area (TPSA) is 26.0 Å². The second kappa shape index (κ2) is 5.03. The van der Waals surface area contributed by atoms with Crippen molar-refractivity contribution < 1.29 is 0 Å². The molecule has 1 unspecified atom stereocenters. The van der Waals surface area contributed by atoms with E-state index in [1.165, 1.54) is 17.5 Å². The molecule has 0 aliphatic carbocycles. The molecule has 0 saturated carbocycles. The molecule has 0 bridgehead atoms. The molecule has 0 spiro atoms. The smallest absolute Gasteiger partial charge is 0.00514 e. The minimum atomic E-state index is 0.639. The second-order valence-corrected chi connectivity index (χ2v) is 3.81. The minimum Gasteiger partial charge on any atom is -0.330 e. The van der Waals surface area contributed by atoms with Gasteiger partial charge in [0, 0.05) is 0 Å². The van der Waals surface area contributed by atoms with E-state index >= 15 is 0 Å². The zero-order valence-electron chi connectivity index (χ0n) is 8.59. The number of hydrogen-bond acceptors (Lipinski definition) is 1. The molecule has 0 aliphatic heterocycles. The zero-order chi connectivity index (χ0) is 9.68. The van der Waals surface area contributed by atoms with Crippen molar-refractivity contribution in [2.45, 2.75) is 26.7 Å². The van der Waals surface area contributed by atoms with Gasteiger partial charge in [-0.1, -0.05) is 31.2 Å². The third-order valence-electron chi connectivity index (χ3n) is 2.57. The van der Waals surface area contributed by atoms with Crippen LogP contribution in [0.5, 0.6) is 0 Å². The number of hydrogen-bond donors (Lipinski definition) is 1. The molecule has 0 aromatic heterocycles. The van der Waals surface area contributed by atoms with Gasteiger partial charge in [0.2, 0.25) is 0 Å². The average molecular weight is 177 g/mol. The van der Waals surface area contributed by atoms with Gasteiger partial charge in [0.1, 0.15) is 0 Å². The Morgan fingerprint density at radius 1 is 1.31 bits per heavy atom. The van der Waals surface area contributed by atoms with E-state index in [2.05, 4.69) is 38.1 Å². The maximum absolute atomic E-state index is 5.57. The first-order valence-electron chi connectivity index (χ1n) is 4.98. The van der Waals surface area contributed by atoms with Crippen LogP contribution in [0.1, 0.15) is 24.5 Å². The predicted molar refractivity (Wildman–Crippen MR) is 57.7 cm³/mol. The van der Waals surface area contributed by atoms with Gasteiger partial charge in [-0.2, -0.15) is 0 Å². The standard InChI is InChI=1S/C12H19N/c1-10(9-13)7-8-12-6-4-3-5-11(12)2/h3-6,10H,7-9,13H2,1-2H3. The Bertz CT molecular complexity index is 255. The van der Waals surface area contributed by atoms with Crippen LogP contribution in [0, 0.1) is 12.8 Å². The molecule has 1 nitrogen and oxygen atoms in total. The van der Waals surface area contributed by atoms with E-state index in [0.29, 0.717) is 5.92 Å². The fourth-order valence-electron chi connectivity index (χ4n) is 1.41. The second-order valence-electron chi connectivity index (χ2n) is 3.81. The number of nitrogens with two attached hydrogens (primary N) is 1. The lowest BCUT2D eigenvalue weighted by atomic mass is 9.98. The Hall–Kier alpha value is -0.820. The molecule has 2 N–H and O–H groups in total. The van der Waals surface area contributed by atoms with E-state index in [1.807, 2.05) is 0 Å². The van der Waals surface area contributed by atoms with Gasteiger partial charge in [-0.25, -0.2) is 0 Å². The highest BCUT2D eigenvalue weighted by molar-refractivity contribution is 5.25. The molecule has 13 heavy (non-hydrogen) atoms. The van der Waals surface area contributed by atoms with Crippen LogP contribution < -0.4 is 5.73 Å². The molecule has 0 aliphatic rings. The third kappa shape index (κ3) is 3.19. The van der Waals surface area contributed by atoms with Gasteiger partial charge in [0.15, 0.2) is 0 Å². The van der Waals surface area contributed by atoms with Gasteiger partial charge >= 0.3 is 0 Å². The van der Waals surface area contributed by atoms with Crippen molar-refractivity contribution in [2.75, 3.05) is 6.54 Å². The van der Waals surface area contributed by atoms with E-state index in [4.69, 9.17) is 5.73 Å². The van der Waals surface area contributed by atoms with E-state index in [1.54, 1.807) is 0 Å². The van der Waals surface area contributed by atoms with Crippen LogP contribution in [0.4, 0.5) is 0 Å². The van der Waals surface area contributed by atoms with Gasteiger partial charge in [-0.15, -0.1) is 0 Å². The molecule has 1 aromatic rings. The van der Waals surface area contributed by atoms with Crippen LogP contribution in [0.15, 0.2) is 24.3 Å². The molecular weight excluding hydrogens is 158 g/mol. The fraction of sp³-hybridized carbons (Fsp3) is 0.500. The quantitative estimate of drug-likeness (QED) is 0.751. The monoisotopic (exact) mass is 177 g/mol. The molecule has 1 rings (SSSR count). The van der Waals surface area contributed by atoms with Gasteiger partial charge in [-0.05, 0) is 43.4 Å². The Morgan fingerprint density at radius 3 is 2.62 bits per heavy atom. The zero-order valence-corrected chi connectivity index (χ0v) is 8.59. The molecule has 72 valence electrons. The Labute approximate surface area is 81.0 Å². The van der Waals surface area contributed by atoms with Crippen molar-refractivity contribution in [3.8, 4) is 0 Å². The summed E-state index contributed by atoms with van der Waals surface area (Å²) in [6.45, 7) is 5.17. The van der Waals surface area contributed by atoms with Crippen molar-refractivity contribution in [1.29, 1.82) is 0 Å². The van der Waals surface area contributed by atoms with Crippen molar-refractivity contribution >= 4 is 0 Å². The molecule has 1 atom stereocenters. The van der Waals surface area contributed by atoms with Crippen LogP contribution in [0.3, 0.4) is 0 Å². The van der Waals surface area contributed by atoms with Crippen molar-refractivity contribution in [3.63, 3.8) is 0 Å². The van der Waals surface area contributed by atoms with Crippen LogP contribution in [0.25, 0.3) is 0 Å². The van der Waals surface area contributed by atoms with E-state index in [9.17, 15) is 0 Å². The molecule has 0 saturated heterocycles. The lowest BCUT2D eigenvalue weighted by Gasteiger charge is -2.09. The van der Waals surface area contributed by atoms with E-state index in [-0.39, 0.29) is 0 Å². The molecule has 1 heteroatoms. The molecule has 0 radical (unpaired) electrons.